The first-order chi connectivity index (χ1) is 13.5. The minimum Gasteiger partial charge on any atom is -0.496 e. The van der Waals surface area contributed by atoms with Crippen molar-refractivity contribution >= 4 is 27.6 Å². The Kier molecular flexibility index (Phi) is 6.44. The van der Waals surface area contributed by atoms with E-state index >= 15 is 0 Å². The summed E-state index contributed by atoms with van der Waals surface area (Å²) in [5.41, 5.74) is 0.993. The van der Waals surface area contributed by atoms with E-state index in [2.05, 4.69) is 15.9 Å². The summed E-state index contributed by atoms with van der Waals surface area (Å²) >= 11 is 3.38. The summed E-state index contributed by atoms with van der Waals surface area (Å²) in [5.74, 6) is -0.992. The molecule has 5 nitrogen and oxygen atoms in total. The van der Waals surface area contributed by atoms with Crippen molar-refractivity contribution in [1.82, 2.24) is 4.57 Å². The molecule has 0 aliphatic rings. The van der Waals surface area contributed by atoms with E-state index in [1.54, 1.807) is 60.9 Å². The highest BCUT2D eigenvalue weighted by Crippen LogP contribution is 2.30. The van der Waals surface area contributed by atoms with Gasteiger partial charge in [-0.15, -0.1) is 0 Å². The summed E-state index contributed by atoms with van der Waals surface area (Å²) in [6, 6.07) is 17.5. The number of ketones is 1. The standard InChI is InChI=1S/C22H20BrNO4/c1-28-19-7-3-2-6-17(19)21(26)22(27)18(15-8-10-16(23)11-9-15)14-20(25)24-12-4-5-13-24/h2-13,18,22,27H,14H2,1H3/t18-,22-/m1/s1. The minimum absolute atomic E-state index is 0.0155. The average Bonchev–Trinajstić information content (AvgIpc) is 3.26. The van der Waals surface area contributed by atoms with Gasteiger partial charge in [0, 0.05) is 29.2 Å². The van der Waals surface area contributed by atoms with Crippen LogP contribution in [0.25, 0.3) is 0 Å². The molecule has 3 aromatic rings. The first kappa shape index (κ1) is 20.0. The van der Waals surface area contributed by atoms with Gasteiger partial charge in [0.2, 0.25) is 5.91 Å². The Bertz CT molecular complexity index is 951. The molecule has 0 bridgehead atoms. The van der Waals surface area contributed by atoms with Gasteiger partial charge in [-0.25, -0.2) is 0 Å². The molecule has 1 N–H and O–H groups in total. The lowest BCUT2D eigenvalue weighted by molar-refractivity contribution is 0.0650. The molecule has 0 spiro atoms. The second-order valence-electron chi connectivity index (χ2n) is 6.36. The molecule has 3 rings (SSSR count). The normalized spacial score (nSPS) is 13.0. The van der Waals surface area contributed by atoms with Crippen LogP contribution in [-0.2, 0) is 0 Å². The van der Waals surface area contributed by atoms with Gasteiger partial charge in [0.1, 0.15) is 11.9 Å². The van der Waals surface area contributed by atoms with Crippen LogP contribution in [-0.4, -0.2) is 34.6 Å². The Hall–Kier alpha value is -2.70. The molecule has 2 atom stereocenters. The van der Waals surface area contributed by atoms with Crippen LogP contribution in [0.1, 0.15) is 33.1 Å². The molecule has 28 heavy (non-hydrogen) atoms. The maximum Gasteiger partial charge on any atom is 0.231 e. The van der Waals surface area contributed by atoms with E-state index in [9.17, 15) is 14.7 Å². The summed E-state index contributed by atoms with van der Waals surface area (Å²) in [6.45, 7) is 0. The Labute approximate surface area is 171 Å². The van der Waals surface area contributed by atoms with Crippen LogP contribution in [0, 0.1) is 0 Å². The smallest absolute Gasteiger partial charge is 0.231 e. The third-order valence-electron chi connectivity index (χ3n) is 4.61. The van der Waals surface area contributed by atoms with E-state index in [-0.39, 0.29) is 17.9 Å². The molecule has 0 aliphatic carbocycles. The van der Waals surface area contributed by atoms with E-state index in [0.29, 0.717) is 11.3 Å². The highest BCUT2D eigenvalue weighted by molar-refractivity contribution is 9.10. The summed E-state index contributed by atoms with van der Waals surface area (Å²) < 4.78 is 7.57. The van der Waals surface area contributed by atoms with Gasteiger partial charge in [0.25, 0.3) is 0 Å². The molecular weight excluding hydrogens is 422 g/mol. The molecule has 0 saturated carbocycles. The van der Waals surface area contributed by atoms with Crippen molar-refractivity contribution in [3.63, 3.8) is 0 Å². The summed E-state index contributed by atoms with van der Waals surface area (Å²) in [6.07, 6.45) is 1.89. The maximum absolute atomic E-state index is 13.0. The van der Waals surface area contributed by atoms with Crippen molar-refractivity contribution in [3.8, 4) is 5.75 Å². The van der Waals surface area contributed by atoms with Crippen LogP contribution in [0.5, 0.6) is 5.75 Å². The average molecular weight is 442 g/mol. The second-order valence-corrected chi connectivity index (χ2v) is 7.27. The van der Waals surface area contributed by atoms with Gasteiger partial charge in [0.15, 0.2) is 5.78 Å². The fourth-order valence-corrected chi connectivity index (χ4v) is 3.37. The van der Waals surface area contributed by atoms with E-state index in [4.69, 9.17) is 4.74 Å². The lowest BCUT2D eigenvalue weighted by atomic mass is 9.86. The van der Waals surface area contributed by atoms with Crippen molar-refractivity contribution in [1.29, 1.82) is 0 Å². The molecule has 1 heterocycles. The Morgan fingerprint density at radius 1 is 1.04 bits per heavy atom. The van der Waals surface area contributed by atoms with E-state index in [0.717, 1.165) is 4.47 Å². The number of nitrogens with zero attached hydrogens (tertiary/aromatic N) is 1. The quantitative estimate of drug-likeness (QED) is 0.554. The zero-order valence-electron chi connectivity index (χ0n) is 15.3. The monoisotopic (exact) mass is 441 g/mol. The Morgan fingerprint density at radius 3 is 2.32 bits per heavy atom. The molecule has 0 unspecified atom stereocenters. The fraction of sp³-hybridized carbons (Fsp3) is 0.182. The number of rotatable bonds is 7. The van der Waals surface area contributed by atoms with Crippen molar-refractivity contribution < 1.29 is 19.4 Å². The number of aliphatic hydroxyl groups excluding tert-OH is 1. The Morgan fingerprint density at radius 2 is 1.68 bits per heavy atom. The molecule has 0 amide bonds. The van der Waals surface area contributed by atoms with Crippen LogP contribution in [0.3, 0.4) is 0 Å². The largest absolute Gasteiger partial charge is 0.496 e. The molecular formula is C22H20BrNO4. The van der Waals surface area contributed by atoms with E-state index in [1.165, 1.54) is 11.7 Å². The lowest BCUT2D eigenvalue weighted by Crippen LogP contribution is -2.31. The van der Waals surface area contributed by atoms with Crippen LogP contribution in [0.4, 0.5) is 0 Å². The molecule has 2 aromatic carbocycles. The number of aromatic nitrogens is 1. The fourth-order valence-electron chi connectivity index (χ4n) is 3.11. The molecule has 0 radical (unpaired) electrons. The van der Waals surface area contributed by atoms with Gasteiger partial charge in [-0.05, 0) is 42.0 Å². The minimum atomic E-state index is -1.39. The highest BCUT2D eigenvalue weighted by Gasteiger charge is 2.32. The third-order valence-corrected chi connectivity index (χ3v) is 5.14. The number of carbonyl (C=O) groups excluding carboxylic acids is 2. The first-order valence-corrected chi connectivity index (χ1v) is 9.57. The number of Topliss-reactive ketones (excluding diaryl/α,β-unsaturated/α-hetero) is 1. The zero-order valence-corrected chi connectivity index (χ0v) is 16.9. The highest BCUT2D eigenvalue weighted by atomic mass is 79.9. The number of hydrogen-bond acceptors (Lipinski definition) is 4. The van der Waals surface area contributed by atoms with Gasteiger partial charge in [-0.3, -0.25) is 14.2 Å². The van der Waals surface area contributed by atoms with Gasteiger partial charge < -0.3 is 9.84 Å². The number of hydrogen-bond donors (Lipinski definition) is 1. The topological polar surface area (TPSA) is 68.5 Å². The molecule has 1 aromatic heterocycles. The third kappa shape index (κ3) is 4.40. The predicted octanol–water partition coefficient (Wildman–Crippen LogP) is 4.32. The number of methoxy groups -OCH3 is 1. The van der Waals surface area contributed by atoms with Gasteiger partial charge in [-0.2, -0.15) is 0 Å². The second kappa shape index (κ2) is 8.99. The van der Waals surface area contributed by atoms with E-state index in [1.807, 2.05) is 12.1 Å². The van der Waals surface area contributed by atoms with Crippen LogP contribution >= 0.6 is 15.9 Å². The van der Waals surface area contributed by atoms with Crippen molar-refractivity contribution in [2.75, 3.05) is 7.11 Å². The number of carbonyl (C=O) groups is 2. The number of halogens is 1. The first-order valence-electron chi connectivity index (χ1n) is 8.78. The van der Waals surface area contributed by atoms with Crippen LogP contribution in [0.2, 0.25) is 0 Å². The molecule has 0 aliphatic heterocycles. The number of benzene rings is 2. The van der Waals surface area contributed by atoms with Gasteiger partial charge in [0.05, 0.1) is 12.7 Å². The molecule has 6 heteroatoms. The number of para-hydroxylation sites is 1. The van der Waals surface area contributed by atoms with Gasteiger partial charge >= 0.3 is 0 Å². The maximum atomic E-state index is 13.0. The van der Waals surface area contributed by atoms with Gasteiger partial charge in [-0.1, -0.05) is 40.2 Å². The summed E-state index contributed by atoms with van der Waals surface area (Å²) in [4.78, 5) is 25.7. The zero-order chi connectivity index (χ0) is 20.1. The van der Waals surface area contributed by atoms with Crippen LogP contribution < -0.4 is 4.74 Å². The number of ether oxygens (including phenoxy) is 1. The summed E-state index contributed by atoms with van der Waals surface area (Å²) in [5, 5.41) is 10.9. The lowest BCUT2D eigenvalue weighted by Gasteiger charge is -2.23. The molecule has 0 fully saturated rings. The van der Waals surface area contributed by atoms with Crippen LogP contribution in [0.15, 0.2) is 77.5 Å². The summed E-state index contributed by atoms with van der Waals surface area (Å²) in [7, 11) is 1.47. The Balaban J connectivity index is 1.94. The molecule has 0 saturated heterocycles. The van der Waals surface area contributed by atoms with Crippen molar-refractivity contribution in [3.05, 3.63) is 88.7 Å². The molecule has 144 valence electrons. The van der Waals surface area contributed by atoms with Crippen molar-refractivity contribution in [2.45, 2.75) is 18.4 Å². The number of aliphatic hydroxyl groups is 1. The van der Waals surface area contributed by atoms with Crippen molar-refractivity contribution in [2.24, 2.45) is 0 Å². The SMILES string of the molecule is COc1ccccc1C(=O)[C@H](O)[C@H](CC(=O)n1cccc1)c1ccc(Br)cc1. The van der Waals surface area contributed by atoms with E-state index < -0.39 is 17.8 Å². The predicted molar refractivity (Wildman–Crippen MR) is 110 cm³/mol.